The Morgan fingerprint density at radius 2 is 1.80 bits per heavy atom. The monoisotopic (exact) mass is 578 g/mol. The minimum atomic E-state index is -3.85. The van der Waals surface area contributed by atoms with Crippen molar-refractivity contribution in [1.29, 1.82) is 0 Å². The van der Waals surface area contributed by atoms with Crippen LogP contribution in [0.2, 0.25) is 0 Å². The molecule has 216 valence electrons. The van der Waals surface area contributed by atoms with Gasteiger partial charge in [-0.15, -0.1) is 10.2 Å². The largest absolute Gasteiger partial charge is 0.479 e. The molecule has 2 saturated heterocycles. The summed E-state index contributed by atoms with van der Waals surface area (Å²) in [5.74, 6) is 0.0761. The van der Waals surface area contributed by atoms with Crippen molar-refractivity contribution in [2.24, 2.45) is 0 Å². The van der Waals surface area contributed by atoms with Gasteiger partial charge in [0.2, 0.25) is 17.7 Å². The first-order valence-corrected chi connectivity index (χ1v) is 14.6. The van der Waals surface area contributed by atoms with Crippen LogP contribution in [0.1, 0.15) is 43.9 Å². The molecule has 5 heterocycles. The van der Waals surface area contributed by atoms with Crippen molar-refractivity contribution in [3.63, 3.8) is 0 Å². The van der Waals surface area contributed by atoms with E-state index >= 15 is 0 Å². The highest BCUT2D eigenvalue weighted by molar-refractivity contribution is 7.91. The molecule has 0 radical (unpaired) electrons. The average molecular weight is 579 g/mol. The van der Waals surface area contributed by atoms with Crippen LogP contribution >= 0.6 is 0 Å². The van der Waals surface area contributed by atoms with E-state index in [-0.39, 0.29) is 42.2 Å². The molecule has 2 aliphatic rings. The van der Waals surface area contributed by atoms with Crippen LogP contribution in [0.15, 0.2) is 18.7 Å². The number of nitrogens with zero attached hydrogens (tertiary/aromatic N) is 8. The number of hydrogen-bond acceptors (Lipinski definition) is 13. The smallest absolute Gasteiger partial charge is 0.245 e. The molecule has 0 saturated carbocycles. The van der Waals surface area contributed by atoms with Crippen molar-refractivity contribution in [3.8, 4) is 17.4 Å². The second-order valence-electron chi connectivity index (χ2n) is 9.40. The van der Waals surface area contributed by atoms with Crippen LogP contribution in [0.25, 0.3) is 5.69 Å². The summed E-state index contributed by atoms with van der Waals surface area (Å²) in [5.41, 5.74) is 0.283. The summed E-state index contributed by atoms with van der Waals surface area (Å²) in [4.78, 5) is 18.2. The van der Waals surface area contributed by atoms with Gasteiger partial charge in [-0.05, 0) is 26.2 Å². The Balaban J connectivity index is 1.52. The van der Waals surface area contributed by atoms with Gasteiger partial charge in [0.05, 0.1) is 38.0 Å². The Morgan fingerprint density at radius 3 is 2.42 bits per heavy atom. The van der Waals surface area contributed by atoms with Gasteiger partial charge in [0.15, 0.2) is 33.0 Å². The number of aromatic nitrogens is 7. The van der Waals surface area contributed by atoms with E-state index in [0.29, 0.717) is 32.0 Å². The Bertz CT molecular complexity index is 1390. The molecule has 3 aromatic rings. The quantitative estimate of drug-likeness (QED) is 0.341. The Kier molecular flexibility index (Phi) is 8.37. The number of rotatable bonds is 10. The average Bonchev–Trinajstić information content (AvgIpc) is 3.63. The van der Waals surface area contributed by atoms with E-state index in [0.717, 1.165) is 18.8 Å². The van der Waals surface area contributed by atoms with E-state index in [2.05, 4.69) is 30.1 Å². The van der Waals surface area contributed by atoms with Crippen LogP contribution in [0.4, 0.5) is 10.3 Å². The fourth-order valence-corrected chi connectivity index (χ4v) is 6.75. The maximum Gasteiger partial charge on any atom is 0.245 e. The summed E-state index contributed by atoms with van der Waals surface area (Å²) in [5, 5.41) is 7.77. The number of hydrogen-bond donors (Lipinski definition) is 0. The van der Waals surface area contributed by atoms with Crippen LogP contribution in [0.3, 0.4) is 0 Å². The molecule has 0 amide bonds. The first-order valence-electron chi connectivity index (χ1n) is 12.9. The van der Waals surface area contributed by atoms with Crippen LogP contribution in [0.5, 0.6) is 11.8 Å². The minimum absolute atomic E-state index is 0.103. The van der Waals surface area contributed by atoms with E-state index in [4.69, 9.17) is 18.9 Å². The van der Waals surface area contributed by atoms with E-state index < -0.39 is 38.9 Å². The summed E-state index contributed by atoms with van der Waals surface area (Å²) in [6.45, 7) is 3.27. The fourth-order valence-electron chi connectivity index (χ4n) is 5.05. The minimum Gasteiger partial charge on any atom is -0.479 e. The van der Waals surface area contributed by atoms with E-state index in [1.165, 1.54) is 20.5 Å². The summed E-state index contributed by atoms with van der Waals surface area (Å²) in [6.07, 6.45) is 4.37. The summed E-state index contributed by atoms with van der Waals surface area (Å²) >= 11 is 0. The lowest BCUT2D eigenvalue weighted by molar-refractivity contribution is 0.0531. The number of methoxy groups -OCH3 is 2. The van der Waals surface area contributed by atoms with Gasteiger partial charge in [-0.2, -0.15) is 9.97 Å². The number of halogens is 1. The van der Waals surface area contributed by atoms with Gasteiger partial charge >= 0.3 is 0 Å². The zero-order valence-electron chi connectivity index (χ0n) is 22.4. The maximum absolute atomic E-state index is 14.0. The van der Waals surface area contributed by atoms with Gasteiger partial charge in [-0.3, -0.25) is 4.57 Å². The topological polar surface area (TPSA) is 157 Å². The van der Waals surface area contributed by atoms with E-state index in [9.17, 15) is 12.8 Å². The van der Waals surface area contributed by atoms with Gasteiger partial charge in [-0.1, -0.05) is 0 Å². The van der Waals surface area contributed by atoms with Crippen molar-refractivity contribution in [3.05, 3.63) is 36.2 Å². The van der Waals surface area contributed by atoms with E-state index in [1.54, 1.807) is 9.47 Å². The van der Waals surface area contributed by atoms with Crippen molar-refractivity contribution >= 4 is 15.8 Å². The molecule has 3 atom stereocenters. The van der Waals surface area contributed by atoms with Gasteiger partial charge in [0.25, 0.3) is 0 Å². The summed E-state index contributed by atoms with van der Waals surface area (Å²) in [7, 11) is -0.966. The summed E-state index contributed by atoms with van der Waals surface area (Å²) < 4.78 is 65.6. The lowest BCUT2D eigenvalue weighted by atomic mass is 10.1. The van der Waals surface area contributed by atoms with Gasteiger partial charge in [0.1, 0.15) is 18.2 Å². The number of sulfone groups is 1. The van der Waals surface area contributed by atoms with Crippen molar-refractivity contribution in [2.75, 3.05) is 45.4 Å². The molecule has 2 fully saturated rings. The van der Waals surface area contributed by atoms with E-state index in [1.807, 2.05) is 6.92 Å². The highest BCUT2D eigenvalue weighted by atomic mass is 32.2. The van der Waals surface area contributed by atoms with Crippen LogP contribution in [-0.4, -0.2) is 95.0 Å². The SMILES string of the molecule is CCO[C@@H]1C[C@@H](S(=O)(=O)Cc2nnc([C@@H]3CCCO3)n2-c2c(OC)ncnc2OC)CN(c2ncc(F)cn2)C1. The molecule has 0 aliphatic carbocycles. The standard InChI is InChI=1S/C24H31FN8O6S/c1-4-38-16-8-17(12-32(11-16)24-26-9-15(25)10-27-24)40(34,35)13-19-30-31-21(18-6-5-7-39-18)33(19)20-22(36-2)28-14-29-23(20)37-3/h9-10,14,16-18H,4-8,11-13H2,1-3H3/t16-,17-,18+/m1/s1. The molecule has 40 heavy (non-hydrogen) atoms. The van der Waals surface area contributed by atoms with Crippen LogP contribution in [-0.2, 0) is 25.1 Å². The number of ether oxygens (including phenoxy) is 4. The Hall–Kier alpha value is -3.50. The zero-order valence-corrected chi connectivity index (χ0v) is 23.3. The molecule has 0 bridgehead atoms. The van der Waals surface area contributed by atoms with Crippen LogP contribution < -0.4 is 14.4 Å². The maximum atomic E-state index is 14.0. The van der Waals surface area contributed by atoms with Gasteiger partial charge in [-0.25, -0.2) is 22.8 Å². The third-order valence-electron chi connectivity index (χ3n) is 6.84. The second kappa shape index (κ2) is 11.9. The molecule has 0 N–H and O–H groups in total. The lowest BCUT2D eigenvalue weighted by Crippen LogP contribution is -2.50. The normalized spacial score (nSPS) is 21.5. The fraction of sp³-hybridized carbons (Fsp3) is 0.583. The molecule has 2 aliphatic heterocycles. The molecule has 3 aromatic heterocycles. The molecule has 0 unspecified atom stereocenters. The Morgan fingerprint density at radius 1 is 1.07 bits per heavy atom. The van der Waals surface area contributed by atoms with Gasteiger partial charge in [0, 0.05) is 26.3 Å². The van der Waals surface area contributed by atoms with Crippen molar-refractivity contribution in [1.82, 2.24) is 34.7 Å². The molecule has 14 nitrogen and oxygen atoms in total. The number of anilines is 1. The predicted octanol–water partition coefficient (Wildman–Crippen LogP) is 1.45. The van der Waals surface area contributed by atoms with Crippen LogP contribution in [0, 0.1) is 5.82 Å². The van der Waals surface area contributed by atoms with Gasteiger partial charge < -0.3 is 23.8 Å². The molecule has 5 rings (SSSR count). The second-order valence-corrected chi connectivity index (χ2v) is 11.7. The first-order chi connectivity index (χ1) is 19.3. The Labute approximate surface area is 230 Å². The highest BCUT2D eigenvalue weighted by Gasteiger charge is 2.39. The first kappa shape index (κ1) is 28.0. The summed E-state index contributed by atoms with van der Waals surface area (Å²) in [6, 6.07) is 0. The molecular formula is C24H31FN8O6S. The third-order valence-corrected chi connectivity index (χ3v) is 8.86. The number of piperidine rings is 1. The molecule has 16 heteroatoms. The highest BCUT2D eigenvalue weighted by Crippen LogP contribution is 2.36. The molecule has 0 spiro atoms. The molecular weight excluding hydrogens is 547 g/mol. The zero-order chi connectivity index (χ0) is 28.3. The van der Waals surface area contributed by atoms with Crippen molar-refractivity contribution < 1.29 is 31.8 Å². The lowest BCUT2D eigenvalue weighted by Gasteiger charge is -2.37. The third kappa shape index (κ3) is 5.69. The predicted molar refractivity (Wildman–Crippen MR) is 139 cm³/mol. The molecule has 0 aromatic carbocycles. The van der Waals surface area contributed by atoms with Crippen molar-refractivity contribution in [2.45, 2.75) is 49.4 Å².